The van der Waals surface area contributed by atoms with Crippen LogP contribution in [0.3, 0.4) is 0 Å². The molecule has 2 aromatic rings. The Morgan fingerprint density at radius 3 is 2.73 bits per heavy atom. The third-order valence-electron chi connectivity index (χ3n) is 2.84. The first kappa shape index (κ1) is 15.9. The molecular weight excluding hydrogens is 318 g/mol. The minimum Gasteiger partial charge on any atom is -0.368 e. The predicted molar refractivity (Wildman–Crippen MR) is 77.2 cm³/mol. The Balaban J connectivity index is 2.51. The molecule has 0 atom stereocenters. The van der Waals surface area contributed by atoms with Crippen molar-refractivity contribution in [1.29, 1.82) is 0 Å². The standard InChI is InChI=1S/C13H11ClF2N4O2/c1-19(6-11(17)21)10-5-18-20(13(22)12(10)14)9-3-2-7(15)4-8(9)16/h2-5H,6H2,1H3,(H2,17,21). The Kier molecular flexibility index (Phi) is 4.41. The highest BCUT2D eigenvalue weighted by Gasteiger charge is 2.17. The van der Waals surface area contributed by atoms with Gasteiger partial charge in [-0.15, -0.1) is 0 Å². The van der Waals surface area contributed by atoms with E-state index in [9.17, 15) is 18.4 Å². The van der Waals surface area contributed by atoms with Gasteiger partial charge in [-0.3, -0.25) is 9.59 Å². The van der Waals surface area contributed by atoms with E-state index in [-0.39, 0.29) is 22.9 Å². The van der Waals surface area contributed by atoms with Crippen LogP contribution in [0.2, 0.25) is 5.02 Å². The molecule has 0 spiro atoms. The summed E-state index contributed by atoms with van der Waals surface area (Å²) in [5.74, 6) is -2.35. The molecule has 0 bridgehead atoms. The fourth-order valence-electron chi connectivity index (χ4n) is 1.83. The number of primary amides is 1. The molecule has 0 aliphatic heterocycles. The van der Waals surface area contributed by atoms with Gasteiger partial charge in [0.15, 0.2) is 5.82 Å². The Hall–Kier alpha value is -2.48. The van der Waals surface area contributed by atoms with Gasteiger partial charge in [-0.2, -0.15) is 9.78 Å². The van der Waals surface area contributed by atoms with Crippen LogP contribution < -0.4 is 16.2 Å². The van der Waals surface area contributed by atoms with Gasteiger partial charge in [0.05, 0.1) is 18.4 Å². The lowest BCUT2D eigenvalue weighted by molar-refractivity contribution is -0.116. The second-order valence-corrected chi connectivity index (χ2v) is 4.86. The first-order chi connectivity index (χ1) is 10.3. The van der Waals surface area contributed by atoms with Gasteiger partial charge in [-0.25, -0.2) is 8.78 Å². The number of aromatic nitrogens is 2. The summed E-state index contributed by atoms with van der Waals surface area (Å²) in [5, 5.41) is 3.53. The molecule has 6 nitrogen and oxygen atoms in total. The number of hydrogen-bond acceptors (Lipinski definition) is 4. The van der Waals surface area contributed by atoms with E-state index in [1.54, 1.807) is 0 Å². The van der Waals surface area contributed by atoms with Crippen LogP contribution in [0.25, 0.3) is 5.69 Å². The summed E-state index contributed by atoms with van der Waals surface area (Å²) < 4.78 is 27.3. The normalized spacial score (nSPS) is 10.5. The number of anilines is 1. The second kappa shape index (κ2) is 6.10. The lowest BCUT2D eigenvalue weighted by Crippen LogP contribution is -2.33. The molecule has 116 valence electrons. The SMILES string of the molecule is CN(CC(N)=O)c1cnn(-c2ccc(F)cc2F)c(=O)c1Cl. The number of benzene rings is 1. The monoisotopic (exact) mass is 328 g/mol. The average Bonchev–Trinajstić information content (AvgIpc) is 2.41. The molecule has 1 heterocycles. The molecule has 1 amide bonds. The number of amides is 1. The highest BCUT2D eigenvalue weighted by molar-refractivity contribution is 6.33. The van der Waals surface area contributed by atoms with Gasteiger partial charge < -0.3 is 10.6 Å². The summed E-state index contributed by atoms with van der Waals surface area (Å²) in [5.41, 5.74) is 4.19. The van der Waals surface area contributed by atoms with Gasteiger partial charge in [0.1, 0.15) is 16.5 Å². The van der Waals surface area contributed by atoms with Gasteiger partial charge in [0, 0.05) is 13.1 Å². The average molecular weight is 329 g/mol. The Morgan fingerprint density at radius 2 is 2.14 bits per heavy atom. The van der Waals surface area contributed by atoms with E-state index in [2.05, 4.69) is 5.10 Å². The summed E-state index contributed by atoms with van der Waals surface area (Å²) in [6.07, 6.45) is 1.19. The predicted octanol–water partition coefficient (Wildman–Crippen LogP) is 1.09. The molecule has 0 saturated heterocycles. The summed E-state index contributed by atoms with van der Waals surface area (Å²) in [6.45, 7) is -0.171. The van der Waals surface area contributed by atoms with Crippen LogP contribution in [0, 0.1) is 11.6 Å². The minimum absolute atomic E-state index is 0.171. The molecule has 2 N–H and O–H groups in total. The van der Waals surface area contributed by atoms with Gasteiger partial charge >= 0.3 is 0 Å². The smallest absolute Gasteiger partial charge is 0.292 e. The molecule has 2 rings (SSSR count). The Labute approximate surface area is 128 Å². The van der Waals surface area contributed by atoms with E-state index >= 15 is 0 Å². The zero-order chi connectivity index (χ0) is 16.4. The number of carbonyl (C=O) groups is 1. The van der Waals surface area contributed by atoms with Crippen LogP contribution in [0.4, 0.5) is 14.5 Å². The van der Waals surface area contributed by atoms with Crippen molar-refractivity contribution >= 4 is 23.2 Å². The van der Waals surface area contributed by atoms with Crippen molar-refractivity contribution in [2.75, 3.05) is 18.5 Å². The number of rotatable bonds is 4. The van der Waals surface area contributed by atoms with Crippen molar-refractivity contribution in [2.24, 2.45) is 5.73 Å². The number of likely N-dealkylation sites (N-methyl/N-ethyl adjacent to an activating group) is 1. The quantitative estimate of drug-likeness (QED) is 0.911. The van der Waals surface area contributed by atoms with Crippen molar-refractivity contribution in [3.05, 3.63) is 51.4 Å². The molecule has 9 heteroatoms. The first-order valence-electron chi connectivity index (χ1n) is 6.04. The topological polar surface area (TPSA) is 81.2 Å². The third kappa shape index (κ3) is 3.06. The van der Waals surface area contributed by atoms with Crippen LogP contribution in [0.1, 0.15) is 0 Å². The molecule has 1 aromatic heterocycles. The zero-order valence-electron chi connectivity index (χ0n) is 11.4. The number of nitrogens with two attached hydrogens (primary N) is 1. The van der Waals surface area contributed by atoms with E-state index in [4.69, 9.17) is 17.3 Å². The lowest BCUT2D eigenvalue weighted by Gasteiger charge is -2.18. The number of hydrogen-bond donors (Lipinski definition) is 1. The molecule has 0 saturated carbocycles. The fourth-order valence-corrected chi connectivity index (χ4v) is 2.11. The van der Waals surface area contributed by atoms with Crippen LogP contribution in [0.5, 0.6) is 0 Å². The largest absolute Gasteiger partial charge is 0.368 e. The van der Waals surface area contributed by atoms with Crippen LogP contribution in [-0.2, 0) is 4.79 Å². The maximum Gasteiger partial charge on any atom is 0.292 e. The molecule has 0 radical (unpaired) electrons. The summed E-state index contributed by atoms with van der Waals surface area (Å²) >= 11 is 5.95. The molecule has 0 aliphatic rings. The highest BCUT2D eigenvalue weighted by Crippen LogP contribution is 2.21. The summed E-state index contributed by atoms with van der Waals surface area (Å²) in [4.78, 5) is 24.4. The van der Waals surface area contributed by atoms with Gasteiger partial charge in [0.2, 0.25) is 5.91 Å². The van der Waals surface area contributed by atoms with Crippen LogP contribution in [0.15, 0.2) is 29.2 Å². The van der Waals surface area contributed by atoms with E-state index in [0.717, 1.165) is 12.1 Å². The maximum absolute atomic E-state index is 13.7. The van der Waals surface area contributed by atoms with Gasteiger partial charge in [0.25, 0.3) is 5.56 Å². The first-order valence-corrected chi connectivity index (χ1v) is 6.41. The molecular formula is C13H11ClF2N4O2. The van der Waals surface area contributed by atoms with E-state index in [1.807, 2.05) is 0 Å². The molecule has 22 heavy (non-hydrogen) atoms. The van der Waals surface area contributed by atoms with Crippen LogP contribution in [-0.4, -0.2) is 29.3 Å². The maximum atomic E-state index is 13.7. The number of halogens is 3. The van der Waals surface area contributed by atoms with Gasteiger partial charge in [-0.1, -0.05) is 11.6 Å². The van der Waals surface area contributed by atoms with Crippen molar-refractivity contribution in [1.82, 2.24) is 9.78 Å². The van der Waals surface area contributed by atoms with E-state index in [1.165, 1.54) is 18.1 Å². The number of nitrogens with zero attached hydrogens (tertiary/aromatic N) is 3. The van der Waals surface area contributed by atoms with E-state index < -0.39 is 23.1 Å². The van der Waals surface area contributed by atoms with Crippen molar-refractivity contribution in [2.45, 2.75) is 0 Å². The lowest BCUT2D eigenvalue weighted by atomic mass is 10.3. The summed E-state index contributed by atoms with van der Waals surface area (Å²) in [7, 11) is 1.50. The molecule has 1 aromatic carbocycles. The van der Waals surface area contributed by atoms with Crippen molar-refractivity contribution < 1.29 is 13.6 Å². The number of carbonyl (C=O) groups excluding carboxylic acids is 1. The Bertz CT molecular complexity index is 794. The molecule has 0 unspecified atom stereocenters. The van der Waals surface area contributed by atoms with E-state index in [0.29, 0.717) is 10.7 Å². The summed E-state index contributed by atoms with van der Waals surface area (Å²) in [6, 6.07) is 2.69. The Morgan fingerprint density at radius 1 is 1.45 bits per heavy atom. The fraction of sp³-hybridized carbons (Fsp3) is 0.154. The van der Waals surface area contributed by atoms with Crippen molar-refractivity contribution in [3.63, 3.8) is 0 Å². The van der Waals surface area contributed by atoms with Gasteiger partial charge in [-0.05, 0) is 12.1 Å². The third-order valence-corrected chi connectivity index (χ3v) is 3.20. The zero-order valence-corrected chi connectivity index (χ0v) is 12.1. The molecule has 0 aliphatic carbocycles. The van der Waals surface area contributed by atoms with Crippen molar-refractivity contribution in [3.8, 4) is 5.69 Å². The highest BCUT2D eigenvalue weighted by atomic mass is 35.5. The second-order valence-electron chi connectivity index (χ2n) is 4.48. The molecule has 0 fully saturated rings. The minimum atomic E-state index is -0.955. The van der Waals surface area contributed by atoms with Crippen LogP contribution >= 0.6 is 11.6 Å².